The zero-order valence-corrected chi connectivity index (χ0v) is 13.8. The predicted molar refractivity (Wildman–Crippen MR) is 86.4 cm³/mol. The second kappa shape index (κ2) is 5.89. The molecule has 0 spiro atoms. The van der Waals surface area contributed by atoms with Gasteiger partial charge in [-0.05, 0) is 44.9 Å². The van der Waals surface area contributed by atoms with Crippen molar-refractivity contribution in [1.82, 2.24) is 15.1 Å². The predicted octanol–water partition coefficient (Wildman–Crippen LogP) is 3.87. The van der Waals surface area contributed by atoms with E-state index in [4.69, 9.17) is 4.74 Å². The monoisotopic (exact) mass is 335 g/mol. The zero-order chi connectivity index (χ0) is 17.5. The van der Waals surface area contributed by atoms with Gasteiger partial charge >= 0.3 is 6.09 Å². The molecule has 0 radical (unpaired) electrons. The molecule has 0 unspecified atom stereocenters. The van der Waals surface area contributed by atoms with Crippen LogP contribution in [-0.2, 0) is 4.74 Å². The molecular formula is C17H19F2N3O2. The molecule has 2 aromatic rings. The van der Waals surface area contributed by atoms with Gasteiger partial charge in [-0.3, -0.25) is 5.10 Å². The van der Waals surface area contributed by atoms with Gasteiger partial charge in [0, 0.05) is 6.54 Å². The molecule has 0 bridgehead atoms. The third-order valence-corrected chi connectivity index (χ3v) is 3.73. The molecule has 1 amide bonds. The van der Waals surface area contributed by atoms with Gasteiger partial charge in [0.25, 0.3) is 0 Å². The van der Waals surface area contributed by atoms with Crippen LogP contribution in [-0.4, -0.2) is 39.9 Å². The molecule has 0 saturated heterocycles. The Bertz CT molecular complexity index is 821. The average molecular weight is 335 g/mol. The van der Waals surface area contributed by atoms with Crippen LogP contribution in [0.3, 0.4) is 0 Å². The Labute approximate surface area is 138 Å². The number of benzene rings is 1. The van der Waals surface area contributed by atoms with Crippen molar-refractivity contribution < 1.29 is 18.3 Å². The van der Waals surface area contributed by atoms with Gasteiger partial charge < -0.3 is 9.64 Å². The van der Waals surface area contributed by atoms with Crippen molar-refractivity contribution in [2.24, 2.45) is 0 Å². The lowest BCUT2D eigenvalue weighted by molar-refractivity contribution is 0.0273. The maximum Gasteiger partial charge on any atom is 0.410 e. The molecule has 24 heavy (non-hydrogen) atoms. The third-order valence-electron chi connectivity index (χ3n) is 3.73. The fourth-order valence-electron chi connectivity index (χ4n) is 2.69. The minimum Gasteiger partial charge on any atom is -0.444 e. The number of fused-ring (bicyclic) bond motifs is 1. The molecule has 0 aliphatic carbocycles. The molecule has 0 saturated carbocycles. The first kappa shape index (κ1) is 16.4. The largest absolute Gasteiger partial charge is 0.444 e. The van der Waals surface area contributed by atoms with Gasteiger partial charge in [-0.2, -0.15) is 5.10 Å². The molecule has 2 heterocycles. The van der Waals surface area contributed by atoms with Crippen LogP contribution in [0.1, 0.15) is 32.9 Å². The highest BCUT2D eigenvalue weighted by Crippen LogP contribution is 2.29. The van der Waals surface area contributed by atoms with E-state index in [2.05, 4.69) is 10.2 Å². The molecule has 1 aliphatic rings. The normalized spacial score (nSPS) is 15.5. The number of nitrogens with zero attached hydrogens (tertiary/aromatic N) is 2. The first-order valence-electron chi connectivity index (χ1n) is 7.75. The summed E-state index contributed by atoms with van der Waals surface area (Å²) in [5, 5.41) is 6.70. The molecule has 7 heteroatoms. The summed E-state index contributed by atoms with van der Waals surface area (Å²) in [4.78, 5) is 13.8. The number of H-pyrrole nitrogens is 1. The van der Waals surface area contributed by atoms with E-state index in [1.165, 1.54) is 4.90 Å². The Balaban J connectivity index is 1.90. The molecular weight excluding hydrogens is 316 g/mol. The van der Waals surface area contributed by atoms with E-state index in [1.54, 1.807) is 20.8 Å². The Kier molecular flexibility index (Phi) is 4.03. The lowest BCUT2D eigenvalue weighted by atomic mass is 10.0. The number of halogens is 2. The number of nitrogens with one attached hydrogen (secondary N) is 1. The van der Waals surface area contributed by atoms with Crippen molar-refractivity contribution >= 4 is 22.6 Å². The van der Waals surface area contributed by atoms with Gasteiger partial charge in [-0.1, -0.05) is 6.08 Å². The molecule has 0 fully saturated rings. The summed E-state index contributed by atoms with van der Waals surface area (Å²) in [5.74, 6) is -1.11. The number of amides is 1. The summed E-state index contributed by atoms with van der Waals surface area (Å²) in [5.41, 5.74) is 0.436. The molecule has 1 N–H and O–H groups in total. The van der Waals surface area contributed by atoms with Crippen LogP contribution in [0.4, 0.5) is 13.6 Å². The SMILES string of the molecule is CC(C)(C)OC(=O)N1CCC=C(c2n[nH]c3c(F)ccc(F)c23)C1. The Morgan fingerprint density at radius 1 is 1.29 bits per heavy atom. The minimum absolute atomic E-state index is 0.0280. The topological polar surface area (TPSA) is 58.2 Å². The maximum absolute atomic E-state index is 14.1. The Morgan fingerprint density at radius 2 is 2.00 bits per heavy atom. The summed E-state index contributed by atoms with van der Waals surface area (Å²) < 4.78 is 33.3. The van der Waals surface area contributed by atoms with E-state index in [0.29, 0.717) is 24.2 Å². The Morgan fingerprint density at radius 3 is 2.71 bits per heavy atom. The number of aromatic amines is 1. The van der Waals surface area contributed by atoms with Gasteiger partial charge in [0.2, 0.25) is 0 Å². The van der Waals surface area contributed by atoms with Crippen LogP contribution in [0.2, 0.25) is 0 Å². The molecule has 0 atom stereocenters. The molecule has 1 aliphatic heterocycles. The number of ether oxygens (including phenoxy) is 1. The van der Waals surface area contributed by atoms with Crippen molar-refractivity contribution in [3.63, 3.8) is 0 Å². The van der Waals surface area contributed by atoms with Gasteiger partial charge in [0.1, 0.15) is 28.4 Å². The van der Waals surface area contributed by atoms with E-state index in [1.807, 2.05) is 6.08 Å². The maximum atomic E-state index is 14.1. The standard InChI is InChI=1S/C17H19F2N3O2/c1-17(2,3)24-16(23)22-8-4-5-10(9-22)14-13-11(18)6-7-12(19)15(13)21-20-14/h5-7H,4,8-9H2,1-3H3,(H,20,21). The number of carbonyl (C=O) groups excluding carboxylic acids is 1. The summed E-state index contributed by atoms with van der Waals surface area (Å²) in [6.07, 6.45) is 2.06. The summed E-state index contributed by atoms with van der Waals surface area (Å²) in [6, 6.07) is 2.13. The van der Waals surface area contributed by atoms with Gasteiger partial charge in [0.05, 0.1) is 11.9 Å². The first-order chi connectivity index (χ1) is 11.3. The van der Waals surface area contributed by atoms with Gasteiger partial charge in [-0.25, -0.2) is 13.6 Å². The fraction of sp³-hybridized carbons (Fsp3) is 0.412. The molecule has 1 aromatic heterocycles. The number of hydrogen-bond acceptors (Lipinski definition) is 3. The molecule has 128 valence electrons. The van der Waals surface area contributed by atoms with E-state index < -0.39 is 23.3 Å². The van der Waals surface area contributed by atoms with Gasteiger partial charge in [0.15, 0.2) is 0 Å². The zero-order valence-electron chi connectivity index (χ0n) is 13.8. The summed E-state index contributed by atoms with van der Waals surface area (Å²) in [6.45, 7) is 6.14. The first-order valence-corrected chi connectivity index (χ1v) is 7.75. The Hall–Kier alpha value is -2.44. The molecule has 3 rings (SSSR count). The van der Waals surface area contributed by atoms with Crippen LogP contribution in [0.5, 0.6) is 0 Å². The average Bonchev–Trinajstić information content (AvgIpc) is 2.96. The number of aromatic nitrogens is 2. The van der Waals surface area contributed by atoms with Crippen molar-refractivity contribution in [2.45, 2.75) is 32.8 Å². The van der Waals surface area contributed by atoms with Crippen LogP contribution >= 0.6 is 0 Å². The van der Waals surface area contributed by atoms with Crippen LogP contribution in [0.15, 0.2) is 18.2 Å². The molecule has 1 aromatic carbocycles. The van der Waals surface area contributed by atoms with Crippen molar-refractivity contribution in [3.05, 3.63) is 35.5 Å². The number of hydrogen-bond donors (Lipinski definition) is 1. The molecule has 5 nitrogen and oxygen atoms in total. The number of carbonyl (C=O) groups is 1. The van der Waals surface area contributed by atoms with E-state index in [9.17, 15) is 13.6 Å². The summed E-state index contributed by atoms with van der Waals surface area (Å²) in [7, 11) is 0. The minimum atomic E-state index is -0.591. The highest BCUT2D eigenvalue weighted by molar-refractivity contribution is 5.92. The second-order valence-corrected chi connectivity index (χ2v) is 6.77. The van der Waals surface area contributed by atoms with Crippen LogP contribution in [0.25, 0.3) is 16.5 Å². The van der Waals surface area contributed by atoms with Gasteiger partial charge in [-0.15, -0.1) is 0 Å². The third kappa shape index (κ3) is 3.11. The second-order valence-electron chi connectivity index (χ2n) is 6.77. The highest BCUT2D eigenvalue weighted by atomic mass is 19.1. The smallest absolute Gasteiger partial charge is 0.410 e. The quantitative estimate of drug-likeness (QED) is 0.861. The van der Waals surface area contributed by atoms with Crippen molar-refractivity contribution in [3.8, 4) is 0 Å². The summed E-state index contributed by atoms with van der Waals surface area (Å²) >= 11 is 0. The van der Waals surface area contributed by atoms with Crippen LogP contribution < -0.4 is 0 Å². The lowest BCUT2D eigenvalue weighted by Crippen LogP contribution is -2.39. The van der Waals surface area contributed by atoms with Crippen LogP contribution in [0, 0.1) is 11.6 Å². The fourth-order valence-corrected chi connectivity index (χ4v) is 2.69. The van der Waals surface area contributed by atoms with E-state index in [0.717, 1.165) is 12.1 Å². The van der Waals surface area contributed by atoms with Crippen molar-refractivity contribution in [2.75, 3.05) is 13.1 Å². The lowest BCUT2D eigenvalue weighted by Gasteiger charge is -2.30. The van der Waals surface area contributed by atoms with E-state index in [-0.39, 0.29) is 17.4 Å². The van der Waals surface area contributed by atoms with E-state index >= 15 is 0 Å². The highest BCUT2D eigenvalue weighted by Gasteiger charge is 2.27. The number of rotatable bonds is 1. The van der Waals surface area contributed by atoms with Crippen molar-refractivity contribution in [1.29, 1.82) is 0 Å².